The van der Waals surface area contributed by atoms with Crippen LogP contribution in [0.3, 0.4) is 0 Å². The molecule has 7 heteroatoms. The van der Waals surface area contributed by atoms with E-state index in [0.29, 0.717) is 23.4 Å². The first-order valence-electron chi connectivity index (χ1n) is 8.12. The van der Waals surface area contributed by atoms with E-state index in [9.17, 15) is 14.4 Å². The van der Waals surface area contributed by atoms with Crippen LogP contribution < -0.4 is 16.6 Å². The van der Waals surface area contributed by atoms with E-state index in [1.807, 2.05) is 30.5 Å². The normalized spacial score (nSPS) is 19.2. The Kier molecular flexibility index (Phi) is 3.88. The third-order valence-corrected chi connectivity index (χ3v) is 5.48. The number of Topliss-reactive ketones (excluding diaryl/α,β-unsaturated/α-hetero) is 1. The van der Waals surface area contributed by atoms with Gasteiger partial charge in [0.05, 0.1) is 5.56 Å². The summed E-state index contributed by atoms with van der Waals surface area (Å²) in [6.45, 7) is 0. The molecule has 1 aromatic heterocycles. The minimum atomic E-state index is -0.557. The fourth-order valence-corrected chi connectivity index (χ4v) is 4.03. The molecule has 0 bridgehead atoms. The molecule has 1 aromatic carbocycles. The fourth-order valence-electron chi connectivity index (χ4n) is 3.62. The number of aromatic nitrogens is 2. The third kappa shape index (κ3) is 2.64. The predicted octanol–water partition coefficient (Wildman–Crippen LogP) is 2.35. The van der Waals surface area contributed by atoms with Crippen molar-refractivity contribution in [2.45, 2.75) is 30.1 Å². The molecule has 6 nitrogen and oxygen atoms in total. The van der Waals surface area contributed by atoms with Crippen molar-refractivity contribution in [3.05, 3.63) is 67.5 Å². The summed E-state index contributed by atoms with van der Waals surface area (Å²) in [6.07, 6.45) is 3.98. The molecule has 1 atom stereocenters. The molecule has 0 fully saturated rings. The number of fused-ring (bicyclic) bond motifs is 1. The molecule has 1 aliphatic heterocycles. The van der Waals surface area contributed by atoms with Crippen LogP contribution in [-0.2, 0) is 4.79 Å². The maximum Gasteiger partial charge on any atom is 0.327 e. The second-order valence-corrected chi connectivity index (χ2v) is 7.08. The van der Waals surface area contributed by atoms with Gasteiger partial charge in [-0.1, -0.05) is 12.1 Å². The number of allylic oxidation sites excluding steroid dienone is 2. The predicted molar refractivity (Wildman–Crippen MR) is 97.3 cm³/mol. The highest BCUT2D eigenvalue weighted by Gasteiger charge is 2.37. The maximum absolute atomic E-state index is 12.6. The number of anilines is 1. The zero-order valence-electron chi connectivity index (χ0n) is 13.6. The number of carbonyl (C=O) groups is 1. The van der Waals surface area contributed by atoms with Crippen LogP contribution >= 0.6 is 11.8 Å². The Balaban J connectivity index is 1.97. The Morgan fingerprint density at radius 1 is 1.04 bits per heavy atom. The van der Waals surface area contributed by atoms with E-state index >= 15 is 0 Å². The van der Waals surface area contributed by atoms with Crippen LogP contribution in [0.4, 0.5) is 5.82 Å². The summed E-state index contributed by atoms with van der Waals surface area (Å²) in [6, 6.07) is 7.86. The topological polar surface area (TPSA) is 94.8 Å². The van der Waals surface area contributed by atoms with Crippen LogP contribution in [0.1, 0.15) is 36.3 Å². The Labute approximate surface area is 147 Å². The van der Waals surface area contributed by atoms with Crippen molar-refractivity contribution in [3.8, 4) is 0 Å². The molecule has 2 aromatic rings. The molecule has 3 N–H and O–H groups in total. The molecule has 128 valence electrons. The fraction of sp³-hybridized carbons (Fsp3) is 0.278. The summed E-state index contributed by atoms with van der Waals surface area (Å²) in [4.78, 5) is 42.9. The van der Waals surface area contributed by atoms with E-state index in [4.69, 9.17) is 0 Å². The Bertz CT molecular complexity index is 1000. The van der Waals surface area contributed by atoms with Crippen LogP contribution in [0.25, 0.3) is 0 Å². The van der Waals surface area contributed by atoms with Crippen molar-refractivity contribution >= 4 is 23.4 Å². The van der Waals surface area contributed by atoms with Crippen molar-refractivity contribution in [2.24, 2.45) is 0 Å². The summed E-state index contributed by atoms with van der Waals surface area (Å²) in [5.74, 6) is -0.0133. The number of rotatable bonds is 2. The van der Waals surface area contributed by atoms with Gasteiger partial charge in [-0.05, 0) is 36.8 Å². The first kappa shape index (κ1) is 16.0. The molecule has 0 saturated carbocycles. The molecule has 0 spiro atoms. The summed E-state index contributed by atoms with van der Waals surface area (Å²) in [5, 5.41) is 3.11. The van der Waals surface area contributed by atoms with Crippen LogP contribution in [-0.4, -0.2) is 22.0 Å². The zero-order valence-corrected chi connectivity index (χ0v) is 14.5. The molecule has 0 amide bonds. The van der Waals surface area contributed by atoms with Gasteiger partial charge >= 0.3 is 5.69 Å². The standard InChI is InChI=1S/C18H17N3O3S/c1-25-10-7-5-9(6-8-10)13-14-11(3-2-4-12(14)22)19-16-15(13)17(23)21-18(24)20-16/h5-8,13H,2-4H2,1H3,(H3,19,20,21,23,24)/t13-/m1/s1. The minimum absolute atomic E-state index is 0.0592. The average molecular weight is 355 g/mol. The highest BCUT2D eigenvalue weighted by molar-refractivity contribution is 7.98. The van der Waals surface area contributed by atoms with Crippen molar-refractivity contribution < 1.29 is 4.79 Å². The first-order chi connectivity index (χ1) is 12.1. The molecule has 0 radical (unpaired) electrons. The van der Waals surface area contributed by atoms with E-state index in [-0.39, 0.29) is 5.78 Å². The lowest BCUT2D eigenvalue weighted by atomic mass is 9.76. The van der Waals surface area contributed by atoms with Gasteiger partial charge in [0.25, 0.3) is 5.56 Å². The minimum Gasteiger partial charge on any atom is -0.344 e. The van der Waals surface area contributed by atoms with Crippen LogP contribution in [0.2, 0.25) is 0 Å². The van der Waals surface area contributed by atoms with Crippen LogP contribution in [0.5, 0.6) is 0 Å². The van der Waals surface area contributed by atoms with Crippen molar-refractivity contribution in [1.29, 1.82) is 0 Å². The molecule has 2 heterocycles. The number of hydrogen-bond donors (Lipinski definition) is 3. The van der Waals surface area contributed by atoms with Gasteiger partial charge in [-0.3, -0.25) is 19.6 Å². The van der Waals surface area contributed by atoms with Crippen LogP contribution in [0, 0.1) is 0 Å². The van der Waals surface area contributed by atoms with E-state index < -0.39 is 17.2 Å². The number of ketones is 1. The molecular formula is C18H17N3O3S. The van der Waals surface area contributed by atoms with Crippen molar-refractivity contribution in [3.63, 3.8) is 0 Å². The molecular weight excluding hydrogens is 338 g/mol. The SMILES string of the molecule is CSc1ccc([C@@H]2C3=C(CCCC3=O)Nc3[nH]c(=O)[nH]c(=O)c32)cc1. The van der Waals surface area contributed by atoms with Gasteiger partial charge in [-0.15, -0.1) is 11.8 Å². The number of thioether (sulfide) groups is 1. The summed E-state index contributed by atoms with van der Waals surface area (Å²) < 4.78 is 0. The Morgan fingerprint density at radius 2 is 1.80 bits per heavy atom. The quantitative estimate of drug-likeness (QED) is 0.719. The van der Waals surface area contributed by atoms with E-state index in [1.165, 1.54) is 0 Å². The number of aromatic amines is 2. The monoisotopic (exact) mass is 355 g/mol. The lowest BCUT2D eigenvalue weighted by Gasteiger charge is -2.32. The summed E-state index contributed by atoms with van der Waals surface area (Å²) in [7, 11) is 0. The van der Waals surface area contributed by atoms with Crippen LogP contribution in [0.15, 0.2) is 50.0 Å². The molecule has 25 heavy (non-hydrogen) atoms. The molecule has 0 saturated heterocycles. The number of benzene rings is 1. The second kappa shape index (κ2) is 6.07. The van der Waals surface area contributed by atoms with Gasteiger partial charge < -0.3 is 5.32 Å². The second-order valence-electron chi connectivity index (χ2n) is 6.20. The van der Waals surface area contributed by atoms with Gasteiger partial charge in [0.1, 0.15) is 5.82 Å². The number of hydrogen-bond acceptors (Lipinski definition) is 5. The molecule has 4 rings (SSSR count). The Morgan fingerprint density at radius 3 is 2.52 bits per heavy atom. The average Bonchev–Trinajstić information content (AvgIpc) is 2.60. The highest BCUT2D eigenvalue weighted by Crippen LogP contribution is 2.42. The lowest BCUT2D eigenvalue weighted by molar-refractivity contribution is -0.116. The van der Waals surface area contributed by atoms with Gasteiger partial charge in [0.15, 0.2) is 5.78 Å². The van der Waals surface area contributed by atoms with Crippen molar-refractivity contribution in [2.75, 3.05) is 11.6 Å². The largest absolute Gasteiger partial charge is 0.344 e. The van der Waals surface area contributed by atoms with Gasteiger partial charge in [-0.25, -0.2) is 4.79 Å². The van der Waals surface area contributed by atoms with Gasteiger partial charge in [0.2, 0.25) is 0 Å². The number of nitrogens with one attached hydrogen (secondary N) is 3. The van der Waals surface area contributed by atoms with E-state index in [1.54, 1.807) is 11.8 Å². The lowest BCUT2D eigenvalue weighted by Crippen LogP contribution is -2.36. The highest BCUT2D eigenvalue weighted by atomic mass is 32.2. The molecule has 1 aliphatic carbocycles. The summed E-state index contributed by atoms with van der Waals surface area (Å²) >= 11 is 1.63. The van der Waals surface area contributed by atoms with Gasteiger partial charge in [-0.2, -0.15) is 0 Å². The van der Waals surface area contributed by atoms with Crippen molar-refractivity contribution in [1.82, 2.24) is 9.97 Å². The van der Waals surface area contributed by atoms with Gasteiger partial charge in [0, 0.05) is 28.5 Å². The first-order valence-corrected chi connectivity index (χ1v) is 9.34. The smallest absolute Gasteiger partial charge is 0.327 e. The van der Waals surface area contributed by atoms with E-state index in [0.717, 1.165) is 29.0 Å². The number of carbonyl (C=O) groups excluding carboxylic acids is 1. The Hall–Kier alpha value is -2.54. The summed E-state index contributed by atoms with van der Waals surface area (Å²) in [5.41, 5.74) is 1.71. The van der Waals surface area contributed by atoms with E-state index in [2.05, 4.69) is 15.3 Å². The zero-order chi connectivity index (χ0) is 17.6. The third-order valence-electron chi connectivity index (χ3n) is 4.74. The molecule has 0 unspecified atom stereocenters. The molecule has 2 aliphatic rings. The maximum atomic E-state index is 12.6. The number of H-pyrrole nitrogens is 2.